The number of halogens is 2. The van der Waals surface area contributed by atoms with E-state index >= 15 is 0 Å². The summed E-state index contributed by atoms with van der Waals surface area (Å²) in [5, 5.41) is 0.423. The predicted molar refractivity (Wildman–Crippen MR) is 85.1 cm³/mol. The topological polar surface area (TPSA) is 26.3 Å². The van der Waals surface area contributed by atoms with Gasteiger partial charge in [0.05, 0.1) is 10.6 Å². The van der Waals surface area contributed by atoms with E-state index in [-0.39, 0.29) is 0 Å². The lowest BCUT2D eigenvalue weighted by atomic mass is 10.0. The SMILES string of the molecule is CC(C)c1cc(Br)ccc1Oc1c(Cl)cccc1C=O. The van der Waals surface area contributed by atoms with E-state index in [2.05, 4.69) is 29.8 Å². The van der Waals surface area contributed by atoms with Crippen LogP contribution in [0.2, 0.25) is 5.02 Å². The third-order valence-electron chi connectivity index (χ3n) is 2.93. The van der Waals surface area contributed by atoms with E-state index in [1.165, 1.54) is 0 Å². The Morgan fingerprint density at radius 1 is 1.25 bits per heavy atom. The normalized spacial score (nSPS) is 10.7. The Morgan fingerprint density at radius 3 is 2.65 bits per heavy atom. The Morgan fingerprint density at radius 2 is 2.00 bits per heavy atom. The summed E-state index contributed by atoms with van der Waals surface area (Å²) >= 11 is 9.58. The Kier molecular flexibility index (Phi) is 4.84. The van der Waals surface area contributed by atoms with Crippen molar-refractivity contribution in [1.29, 1.82) is 0 Å². The van der Waals surface area contributed by atoms with Gasteiger partial charge in [-0.15, -0.1) is 0 Å². The minimum absolute atomic E-state index is 0.296. The van der Waals surface area contributed by atoms with Gasteiger partial charge in [0.25, 0.3) is 0 Å². The van der Waals surface area contributed by atoms with Crippen LogP contribution >= 0.6 is 27.5 Å². The minimum atomic E-state index is 0.296. The summed E-state index contributed by atoms with van der Waals surface area (Å²) in [6.45, 7) is 4.17. The third kappa shape index (κ3) is 3.22. The molecule has 2 rings (SSSR count). The van der Waals surface area contributed by atoms with Crippen LogP contribution < -0.4 is 4.74 Å². The summed E-state index contributed by atoms with van der Waals surface area (Å²) in [7, 11) is 0. The van der Waals surface area contributed by atoms with Crippen molar-refractivity contribution in [2.24, 2.45) is 0 Å². The van der Waals surface area contributed by atoms with Crippen LogP contribution in [0.1, 0.15) is 35.7 Å². The third-order valence-corrected chi connectivity index (χ3v) is 3.72. The van der Waals surface area contributed by atoms with Crippen LogP contribution in [-0.2, 0) is 0 Å². The lowest BCUT2D eigenvalue weighted by Gasteiger charge is -2.16. The van der Waals surface area contributed by atoms with Gasteiger partial charge in [0.15, 0.2) is 12.0 Å². The number of rotatable bonds is 4. The zero-order chi connectivity index (χ0) is 14.7. The van der Waals surface area contributed by atoms with E-state index in [9.17, 15) is 4.79 Å². The van der Waals surface area contributed by atoms with Gasteiger partial charge >= 0.3 is 0 Å². The fourth-order valence-corrected chi connectivity index (χ4v) is 2.50. The Bertz CT molecular complexity index is 638. The molecule has 4 heteroatoms. The van der Waals surface area contributed by atoms with Crippen LogP contribution in [0.25, 0.3) is 0 Å². The number of carbonyl (C=O) groups excluding carboxylic acids is 1. The Hall–Kier alpha value is -1.32. The van der Waals surface area contributed by atoms with Crippen molar-refractivity contribution in [2.75, 3.05) is 0 Å². The Balaban J connectivity index is 2.48. The molecule has 0 N–H and O–H groups in total. The molecule has 2 aromatic carbocycles. The van der Waals surface area contributed by atoms with Crippen molar-refractivity contribution in [3.05, 3.63) is 57.0 Å². The van der Waals surface area contributed by atoms with Crippen molar-refractivity contribution in [3.63, 3.8) is 0 Å². The lowest BCUT2D eigenvalue weighted by molar-refractivity contribution is 0.112. The molecule has 0 heterocycles. The monoisotopic (exact) mass is 352 g/mol. The molecule has 2 nitrogen and oxygen atoms in total. The fourth-order valence-electron chi connectivity index (χ4n) is 1.90. The molecule has 0 aliphatic rings. The highest BCUT2D eigenvalue weighted by Gasteiger charge is 2.14. The van der Waals surface area contributed by atoms with E-state index in [1.807, 2.05) is 18.2 Å². The summed E-state index contributed by atoms with van der Waals surface area (Å²) in [6.07, 6.45) is 0.745. The average molecular weight is 354 g/mol. The first kappa shape index (κ1) is 15.1. The number of hydrogen-bond acceptors (Lipinski definition) is 2. The maximum Gasteiger partial charge on any atom is 0.156 e. The number of carbonyl (C=O) groups is 1. The summed E-state index contributed by atoms with van der Waals surface area (Å²) < 4.78 is 6.88. The van der Waals surface area contributed by atoms with Gasteiger partial charge in [-0.05, 0) is 41.8 Å². The molecule has 0 saturated heterocycles. The van der Waals surface area contributed by atoms with Crippen LogP contribution in [0.5, 0.6) is 11.5 Å². The van der Waals surface area contributed by atoms with Gasteiger partial charge in [-0.1, -0.05) is 47.4 Å². The first-order chi connectivity index (χ1) is 9.52. The van der Waals surface area contributed by atoms with Crippen LogP contribution in [0, 0.1) is 0 Å². The minimum Gasteiger partial charge on any atom is -0.455 e. The second-order valence-electron chi connectivity index (χ2n) is 4.71. The number of hydrogen-bond donors (Lipinski definition) is 0. The van der Waals surface area contributed by atoms with Crippen molar-refractivity contribution in [3.8, 4) is 11.5 Å². The highest BCUT2D eigenvalue weighted by atomic mass is 79.9. The standard InChI is InChI=1S/C16H14BrClO2/c1-10(2)13-8-12(17)6-7-15(13)20-16-11(9-19)4-3-5-14(16)18/h3-10H,1-2H3. The summed E-state index contributed by atoms with van der Waals surface area (Å²) in [6, 6.07) is 10.9. The number of aldehydes is 1. The van der Waals surface area contributed by atoms with E-state index in [1.54, 1.807) is 18.2 Å². The van der Waals surface area contributed by atoms with Crippen LogP contribution in [0.3, 0.4) is 0 Å². The summed E-state index contributed by atoms with van der Waals surface area (Å²) in [5.41, 5.74) is 1.49. The molecule has 0 spiro atoms. The van der Waals surface area contributed by atoms with Crippen molar-refractivity contribution < 1.29 is 9.53 Å². The molecular weight excluding hydrogens is 340 g/mol. The summed E-state index contributed by atoms with van der Waals surface area (Å²) in [4.78, 5) is 11.1. The van der Waals surface area contributed by atoms with Crippen molar-refractivity contribution in [2.45, 2.75) is 19.8 Å². The maximum atomic E-state index is 11.1. The van der Waals surface area contributed by atoms with E-state index in [4.69, 9.17) is 16.3 Å². The smallest absolute Gasteiger partial charge is 0.156 e. The molecule has 0 aliphatic carbocycles. The van der Waals surface area contributed by atoms with Gasteiger partial charge in [-0.2, -0.15) is 0 Å². The predicted octanol–water partition coefficient (Wildman–Crippen LogP) is 5.83. The van der Waals surface area contributed by atoms with Crippen molar-refractivity contribution >= 4 is 33.8 Å². The van der Waals surface area contributed by atoms with Crippen LogP contribution in [0.4, 0.5) is 0 Å². The first-order valence-electron chi connectivity index (χ1n) is 6.24. The molecule has 0 fully saturated rings. The molecule has 0 aromatic heterocycles. The molecule has 0 bridgehead atoms. The molecule has 104 valence electrons. The van der Waals surface area contributed by atoms with E-state index in [0.717, 1.165) is 16.3 Å². The quantitative estimate of drug-likeness (QED) is 0.646. The largest absolute Gasteiger partial charge is 0.455 e. The van der Waals surface area contributed by atoms with Gasteiger partial charge < -0.3 is 4.74 Å². The second-order valence-corrected chi connectivity index (χ2v) is 6.04. The molecule has 0 unspecified atom stereocenters. The molecule has 2 aromatic rings. The molecule has 20 heavy (non-hydrogen) atoms. The van der Waals surface area contributed by atoms with E-state index in [0.29, 0.717) is 28.0 Å². The first-order valence-corrected chi connectivity index (χ1v) is 7.41. The number of benzene rings is 2. The number of para-hydroxylation sites is 1. The molecular formula is C16H14BrClO2. The van der Waals surface area contributed by atoms with Crippen LogP contribution in [-0.4, -0.2) is 6.29 Å². The summed E-state index contributed by atoms with van der Waals surface area (Å²) in [5.74, 6) is 1.40. The molecule has 0 aliphatic heterocycles. The fraction of sp³-hybridized carbons (Fsp3) is 0.188. The maximum absolute atomic E-state index is 11.1. The molecule has 0 atom stereocenters. The van der Waals surface area contributed by atoms with Gasteiger partial charge in [0.2, 0.25) is 0 Å². The second kappa shape index (κ2) is 6.42. The average Bonchev–Trinajstić information content (AvgIpc) is 2.42. The molecule has 0 radical (unpaired) electrons. The zero-order valence-corrected chi connectivity index (χ0v) is 13.5. The van der Waals surface area contributed by atoms with E-state index < -0.39 is 0 Å². The molecule has 0 amide bonds. The number of ether oxygens (including phenoxy) is 1. The van der Waals surface area contributed by atoms with Gasteiger partial charge in [0.1, 0.15) is 5.75 Å². The van der Waals surface area contributed by atoms with Crippen molar-refractivity contribution in [1.82, 2.24) is 0 Å². The van der Waals surface area contributed by atoms with Crippen LogP contribution in [0.15, 0.2) is 40.9 Å². The molecule has 0 saturated carbocycles. The highest BCUT2D eigenvalue weighted by Crippen LogP contribution is 2.37. The Labute approximate surface area is 131 Å². The zero-order valence-electron chi connectivity index (χ0n) is 11.2. The highest BCUT2D eigenvalue weighted by molar-refractivity contribution is 9.10. The lowest BCUT2D eigenvalue weighted by Crippen LogP contribution is -1.97. The van der Waals surface area contributed by atoms with Gasteiger partial charge in [0, 0.05) is 4.47 Å². The van der Waals surface area contributed by atoms with Gasteiger partial charge in [-0.25, -0.2) is 0 Å². The van der Waals surface area contributed by atoms with Gasteiger partial charge in [-0.3, -0.25) is 4.79 Å².